The lowest BCUT2D eigenvalue weighted by Crippen LogP contribution is -2.22. The first kappa shape index (κ1) is 15.4. The van der Waals surface area contributed by atoms with Crippen LogP contribution in [0.3, 0.4) is 0 Å². The molecule has 1 amide bonds. The van der Waals surface area contributed by atoms with Crippen molar-refractivity contribution in [2.24, 2.45) is 0 Å². The van der Waals surface area contributed by atoms with Gasteiger partial charge < -0.3 is 5.32 Å². The fourth-order valence-electron chi connectivity index (χ4n) is 3.06. The summed E-state index contributed by atoms with van der Waals surface area (Å²) in [4.78, 5) is 13.3. The van der Waals surface area contributed by atoms with Gasteiger partial charge in [0, 0.05) is 33.2 Å². The van der Waals surface area contributed by atoms with Crippen molar-refractivity contribution in [1.82, 2.24) is 0 Å². The van der Waals surface area contributed by atoms with Gasteiger partial charge in [-0.25, -0.2) is 4.39 Å². The van der Waals surface area contributed by atoms with Crippen LogP contribution in [0, 0.1) is 5.82 Å². The predicted molar refractivity (Wildman–Crippen MR) is 96.3 cm³/mol. The third-order valence-electron chi connectivity index (χ3n) is 4.20. The van der Waals surface area contributed by atoms with E-state index in [2.05, 4.69) is 5.32 Å². The number of anilines is 1. The molecule has 0 aliphatic carbocycles. The molecule has 0 radical (unpaired) electrons. The van der Waals surface area contributed by atoms with Crippen LogP contribution in [0.4, 0.5) is 10.1 Å². The van der Waals surface area contributed by atoms with Gasteiger partial charge in [0.25, 0.3) is 0 Å². The van der Waals surface area contributed by atoms with Crippen LogP contribution in [0.5, 0.6) is 0 Å². The van der Waals surface area contributed by atoms with Gasteiger partial charge in [0.05, 0.1) is 5.69 Å². The van der Waals surface area contributed by atoms with E-state index in [1.54, 1.807) is 17.4 Å². The van der Waals surface area contributed by atoms with Crippen LogP contribution in [0.25, 0.3) is 11.1 Å². The van der Waals surface area contributed by atoms with Gasteiger partial charge in [0.1, 0.15) is 5.82 Å². The molecule has 0 saturated heterocycles. The first-order valence-electron chi connectivity index (χ1n) is 7.54. The molecule has 2 heterocycles. The molecule has 1 aliphatic heterocycles. The highest BCUT2D eigenvalue weighted by atomic mass is 35.5. The molecule has 0 spiro atoms. The van der Waals surface area contributed by atoms with Gasteiger partial charge in [-0.1, -0.05) is 35.9 Å². The Hall–Kier alpha value is -2.17. The molecule has 3 aromatic rings. The molecule has 1 atom stereocenters. The Bertz CT molecular complexity index is 919. The Kier molecular flexibility index (Phi) is 3.87. The second kappa shape index (κ2) is 6.04. The van der Waals surface area contributed by atoms with Crippen molar-refractivity contribution in [1.29, 1.82) is 0 Å². The van der Waals surface area contributed by atoms with Gasteiger partial charge in [-0.15, -0.1) is 11.3 Å². The maximum Gasteiger partial charge on any atom is 0.225 e. The van der Waals surface area contributed by atoms with E-state index < -0.39 is 0 Å². The van der Waals surface area contributed by atoms with Crippen LogP contribution in [-0.2, 0) is 4.79 Å². The van der Waals surface area contributed by atoms with E-state index in [9.17, 15) is 9.18 Å². The number of carbonyl (C=O) groups is 1. The third kappa shape index (κ3) is 2.72. The summed E-state index contributed by atoms with van der Waals surface area (Å²) in [6.07, 6.45) is 0.401. The molecular weight excluding hydrogens is 345 g/mol. The summed E-state index contributed by atoms with van der Waals surface area (Å²) in [6, 6.07) is 14.0. The second-order valence-electron chi connectivity index (χ2n) is 5.76. The molecule has 0 fully saturated rings. The average molecular weight is 358 g/mol. The second-order valence-corrected chi connectivity index (χ2v) is 7.10. The molecule has 0 bridgehead atoms. The smallest absolute Gasteiger partial charge is 0.225 e. The van der Waals surface area contributed by atoms with Crippen LogP contribution in [-0.4, -0.2) is 5.91 Å². The minimum absolute atomic E-state index is 0.00155. The molecule has 2 aromatic carbocycles. The molecule has 4 rings (SSSR count). The third-order valence-corrected chi connectivity index (χ3v) is 5.55. The monoisotopic (exact) mass is 357 g/mol. The van der Waals surface area contributed by atoms with Crippen LogP contribution in [0.1, 0.15) is 22.8 Å². The highest BCUT2D eigenvalue weighted by Crippen LogP contribution is 2.46. The van der Waals surface area contributed by atoms with Crippen molar-refractivity contribution in [3.63, 3.8) is 0 Å². The van der Waals surface area contributed by atoms with Gasteiger partial charge in [-0.05, 0) is 35.4 Å². The average Bonchev–Trinajstić information content (AvgIpc) is 2.98. The normalized spacial score (nSPS) is 16.6. The number of hydrogen-bond donors (Lipinski definition) is 1. The molecule has 1 aliphatic rings. The molecule has 1 aromatic heterocycles. The van der Waals surface area contributed by atoms with E-state index in [-0.39, 0.29) is 17.6 Å². The van der Waals surface area contributed by atoms with E-state index in [0.717, 1.165) is 27.3 Å². The molecule has 1 N–H and O–H groups in total. The summed E-state index contributed by atoms with van der Waals surface area (Å²) >= 11 is 7.56. The van der Waals surface area contributed by atoms with Crippen LogP contribution in [0.15, 0.2) is 53.9 Å². The fourth-order valence-corrected chi connectivity index (χ4v) is 4.35. The molecule has 24 heavy (non-hydrogen) atoms. The van der Waals surface area contributed by atoms with E-state index in [0.29, 0.717) is 11.4 Å². The number of nitrogens with one attached hydrogen (secondary N) is 1. The number of amides is 1. The minimum atomic E-state index is -0.288. The number of carbonyl (C=O) groups excluding carboxylic acids is 1. The van der Waals surface area contributed by atoms with Crippen LogP contribution in [0.2, 0.25) is 5.02 Å². The van der Waals surface area contributed by atoms with Crippen molar-refractivity contribution >= 4 is 34.5 Å². The van der Waals surface area contributed by atoms with Gasteiger partial charge in [0.15, 0.2) is 0 Å². The summed E-state index contributed by atoms with van der Waals surface area (Å²) in [5.74, 6) is -0.319. The molecular formula is C19H13ClFNOS. The molecule has 5 heteroatoms. The maximum atomic E-state index is 13.6. The summed E-state index contributed by atoms with van der Waals surface area (Å²) in [7, 11) is 0. The largest absolute Gasteiger partial charge is 0.325 e. The van der Waals surface area contributed by atoms with E-state index in [4.69, 9.17) is 11.6 Å². The van der Waals surface area contributed by atoms with Gasteiger partial charge in [0.2, 0.25) is 5.91 Å². The number of hydrogen-bond acceptors (Lipinski definition) is 2. The molecule has 0 saturated carbocycles. The number of fused-ring (bicyclic) bond motifs is 1. The lowest BCUT2D eigenvalue weighted by molar-refractivity contribution is -0.116. The Morgan fingerprint density at radius 2 is 1.96 bits per heavy atom. The molecule has 120 valence electrons. The highest BCUT2D eigenvalue weighted by molar-refractivity contribution is 7.11. The number of rotatable bonds is 2. The van der Waals surface area contributed by atoms with Crippen LogP contribution < -0.4 is 5.32 Å². The van der Waals surface area contributed by atoms with E-state index >= 15 is 0 Å². The van der Waals surface area contributed by atoms with Crippen molar-refractivity contribution in [3.05, 3.63) is 75.2 Å². The zero-order valence-electron chi connectivity index (χ0n) is 12.6. The van der Waals surface area contributed by atoms with E-state index in [1.165, 1.54) is 12.1 Å². The van der Waals surface area contributed by atoms with Crippen LogP contribution >= 0.6 is 22.9 Å². The maximum absolute atomic E-state index is 13.6. The number of thiophene rings is 1. The van der Waals surface area contributed by atoms with Crippen molar-refractivity contribution < 1.29 is 9.18 Å². The Morgan fingerprint density at radius 3 is 2.71 bits per heavy atom. The highest BCUT2D eigenvalue weighted by Gasteiger charge is 2.30. The molecule has 0 unspecified atom stereocenters. The summed E-state index contributed by atoms with van der Waals surface area (Å²) in [5.41, 5.74) is 3.48. The summed E-state index contributed by atoms with van der Waals surface area (Å²) in [6.45, 7) is 0. The predicted octanol–water partition coefficient (Wildman–Crippen LogP) is 5.68. The summed E-state index contributed by atoms with van der Waals surface area (Å²) in [5, 5.41) is 5.61. The topological polar surface area (TPSA) is 29.1 Å². The van der Waals surface area contributed by atoms with Gasteiger partial charge in [-0.3, -0.25) is 4.79 Å². The van der Waals surface area contributed by atoms with Gasteiger partial charge >= 0.3 is 0 Å². The van der Waals surface area contributed by atoms with Crippen molar-refractivity contribution in [3.8, 4) is 11.1 Å². The first-order chi connectivity index (χ1) is 11.6. The van der Waals surface area contributed by atoms with Crippen molar-refractivity contribution in [2.75, 3.05) is 5.32 Å². The molecule has 2 nitrogen and oxygen atoms in total. The lowest BCUT2D eigenvalue weighted by Gasteiger charge is -2.24. The van der Waals surface area contributed by atoms with E-state index in [1.807, 2.05) is 35.7 Å². The Morgan fingerprint density at radius 1 is 1.17 bits per heavy atom. The standard InChI is InChI=1S/C19H13ClFNOS/c20-13-6-4-11(5-7-13)15-9-17(23)22-18-16(10-24-19(15)18)12-2-1-3-14(21)8-12/h1-8,10,15H,9H2,(H,22,23)/t15-/m0/s1. The summed E-state index contributed by atoms with van der Waals surface area (Å²) < 4.78 is 13.6. The quantitative estimate of drug-likeness (QED) is 0.628. The zero-order chi connectivity index (χ0) is 16.7. The first-order valence-corrected chi connectivity index (χ1v) is 8.80. The van der Waals surface area contributed by atoms with Crippen molar-refractivity contribution in [2.45, 2.75) is 12.3 Å². The lowest BCUT2D eigenvalue weighted by atomic mass is 9.89. The fraction of sp³-hybridized carbons (Fsp3) is 0.105. The SMILES string of the molecule is O=C1C[C@@H](c2ccc(Cl)cc2)c2scc(-c3cccc(F)c3)c2N1. The number of halogens is 2. The zero-order valence-corrected chi connectivity index (χ0v) is 14.1. The minimum Gasteiger partial charge on any atom is -0.325 e. The Labute approximate surface area is 147 Å². The Balaban J connectivity index is 1.81. The number of benzene rings is 2. The van der Waals surface area contributed by atoms with Gasteiger partial charge in [-0.2, -0.15) is 0 Å².